The first-order valence-electron chi connectivity index (χ1n) is 15.7. The van der Waals surface area contributed by atoms with Crippen molar-refractivity contribution in [2.45, 2.75) is 135 Å². The monoisotopic (exact) mass is 498 g/mol. The molecule has 37 heavy (non-hydrogen) atoms. The standard InChI is InChI=1S/C37H54/c1-5-9-13-17-21-31-23-25-33-34-26-24-32(22-18-14-10-6-2)30-36(34)37(35(33)29-31,27-19-15-11-7-3)28-20-16-12-8-4/h5-6,23-26,29-30H,1-2,7-22,27-28H2,3-4H3. The van der Waals surface area contributed by atoms with Crippen LogP contribution in [0.3, 0.4) is 0 Å². The number of allylic oxidation sites excluding steroid dienone is 2. The fraction of sp³-hybridized carbons (Fsp3) is 0.568. The predicted octanol–water partition coefficient (Wildman–Crippen LogP) is 11.7. The Labute approximate surface area is 229 Å². The number of fused-ring (bicyclic) bond motifs is 3. The molecular formula is C37H54. The van der Waals surface area contributed by atoms with Crippen LogP contribution in [-0.2, 0) is 18.3 Å². The average molecular weight is 499 g/mol. The minimum Gasteiger partial charge on any atom is -0.103 e. The second-order valence-corrected chi connectivity index (χ2v) is 11.5. The summed E-state index contributed by atoms with van der Waals surface area (Å²) in [7, 11) is 0. The molecule has 0 aromatic heterocycles. The average Bonchev–Trinajstić information content (AvgIpc) is 3.18. The number of benzene rings is 2. The zero-order chi connectivity index (χ0) is 26.3. The maximum atomic E-state index is 3.91. The fourth-order valence-corrected chi connectivity index (χ4v) is 6.51. The maximum Gasteiger partial charge on any atom is 0.0215 e. The van der Waals surface area contributed by atoms with E-state index in [1.54, 1.807) is 11.1 Å². The van der Waals surface area contributed by atoms with Gasteiger partial charge in [0, 0.05) is 5.41 Å². The molecule has 0 heteroatoms. The van der Waals surface area contributed by atoms with Gasteiger partial charge in [-0.1, -0.05) is 114 Å². The zero-order valence-corrected chi connectivity index (χ0v) is 24.3. The van der Waals surface area contributed by atoms with Gasteiger partial charge in [0.15, 0.2) is 0 Å². The summed E-state index contributed by atoms with van der Waals surface area (Å²) in [4.78, 5) is 0. The van der Waals surface area contributed by atoms with E-state index in [4.69, 9.17) is 0 Å². The molecule has 3 rings (SSSR count). The summed E-state index contributed by atoms with van der Waals surface area (Å²) in [6.07, 6.45) is 27.1. The highest BCUT2D eigenvalue weighted by Gasteiger charge is 2.42. The number of aryl methyl sites for hydroxylation is 2. The molecule has 0 heterocycles. The van der Waals surface area contributed by atoms with Crippen LogP contribution in [0.15, 0.2) is 61.7 Å². The molecule has 2 aromatic carbocycles. The van der Waals surface area contributed by atoms with E-state index in [1.807, 2.05) is 0 Å². The summed E-state index contributed by atoms with van der Waals surface area (Å²) in [6.45, 7) is 12.5. The molecule has 0 radical (unpaired) electrons. The van der Waals surface area contributed by atoms with E-state index in [9.17, 15) is 0 Å². The SMILES string of the molecule is C=CCCCCc1ccc2c(c1)C(CCCCCC)(CCCCCC)c1cc(CCCCC=C)ccc1-2. The van der Waals surface area contributed by atoms with Crippen molar-refractivity contribution in [3.63, 3.8) is 0 Å². The second kappa shape index (κ2) is 16.0. The van der Waals surface area contributed by atoms with E-state index >= 15 is 0 Å². The van der Waals surface area contributed by atoms with Gasteiger partial charge in [-0.25, -0.2) is 0 Å². The Bertz CT molecular complexity index is 882. The number of hydrogen-bond acceptors (Lipinski definition) is 0. The third kappa shape index (κ3) is 7.95. The van der Waals surface area contributed by atoms with Crippen molar-refractivity contribution in [1.82, 2.24) is 0 Å². The van der Waals surface area contributed by atoms with Crippen molar-refractivity contribution in [2.75, 3.05) is 0 Å². The van der Waals surface area contributed by atoms with Gasteiger partial charge in [0.2, 0.25) is 0 Å². The van der Waals surface area contributed by atoms with Crippen LogP contribution in [0.4, 0.5) is 0 Å². The molecule has 0 fully saturated rings. The molecule has 0 saturated carbocycles. The summed E-state index contributed by atoms with van der Waals surface area (Å²) in [5.41, 5.74) is 9.61. The maximum absolute atomic E-state index is 3.91. The normalized spacial score (nSPS) is 13.4. The van der Waals surface area contributed by atoms with Crippen molar-refractivity contribution in [3.05, 3.63) is 84.0 Å². The summed E-state index contributed by atoms with van der Waals surface area (Å²) < 4.78 is 0. The quantitative estimate of drug-likeness (QED) is 0.126. The number of hydrogen-bond donors (Lipinski definition) is 0. The fourth-order valence-electron chi connectivity index (χ4n) is 6.51. The van der Waals surface area contributed by atoms with Crippen LogP contribution in [0.25, 0.3) is 11.1 Å². The van der Waals surface area contributed by atoms with Crippen molar-refractivity contribution in [2.24, 2.45) is 0 Å². The molecule has 1 aliphatic rings. The predicted molar refractivity (Wildman–Crippen MR) is 166 cm³/mol. The summed E-state index contributed by atoms with van der Waals surface area (Å²) in [5, 5.41) is 0. The third-order valence-corrected chi connectivity index (χ3v) is 8.65. The minimum atomic E-state index is 0.195. The molecule has 0 amide bonds. The van der Waals surface area contributed by atoms with Crippen molar-refractivity contribution in [3.8, 4) is 11.1 Å². The van der Waals surface area contributed by atoms with Crippen LogP contribution in [-0.4, -0.2) is 0 Å². The summed E-state index contributed by atoms with van der Waals surface area (Å²) >= 11 is 0. The lowest BCUT2D eigenvalue weighted by molar-refractivity contribution is 0.400. The van der Waals surface area contributed by atoms with Crippen LogP contribution in [0, 0.1) is 0 Å². The highest BCUT2D eigenvalue weighted by molar-refractivity contribution is 5.81. The minimum absolute atomic E-state index is 0.195. The van der Waals surface area contributed by atoms with Gasteiger partial charge in [-0.2, -0.15) is 0 Å². The van der Waals surface area contributed by atoms with Crippen molar-refractivity contribution >= 4 is 0 Å². The largest absolute Gasteiger partial charge is 0.103 e. The van der Waals surface area contributed by atoms with Crippen LogP contribution >= 0.6 is 0 Å². The smallest absolute Gasteiger partial charge is 0.0215 e. The third-order valence-electron chi connectivity index (χ3n) is 8.65. The van der Waals surface area contributed by atoms with Gasteiger partial charge in [0.25, 0.3) is 0 Å². The van der Waals surface area contributed by atoms with E-state index in [1.165, 1.54) is 125 Å². The van der Waals surface area contributed by atoms with Gasteiger partial charge in [0.05, 0.1) is 0 Å². The molecule has 0 unspecified atom stereocenters. The lowest BCUT2D eigenvalue weighted by atomic mass is 9.70. The zero-order valence-electron chi connectivity index (χ0n) is 24.3. The first-order valence-corrected chi connectivity index (χ1v) is 15.7. The van der Waals surface area contributed by atoms with Crippen LogP contribution < -0.4 is 0 Å². The van der Waals surface area contributed by atoms with Crippen LogP contribution in [0.1, 0.15) is 139 Å². The van der Waals surface area contributed by atoms with E-state index in [-0.39, 0.29) is 5.41 Å². The van der Waals surface area contributed by atoms with Crippen LogP contribution in [0.5, 0.6) is 0 Å². The van der Waals surface area contributed by atoms with Gasteiger partial charge in [0.1, 0.15) is 0 Å². The number of unbranched alkanes of at least 4 members (excludes halogenated alkanes) is 10. The molecule has 0 atom stereocenters. The number of rotatable bonds is 20. The van der Waals surface area contributed by atoms with E-state index in [0.29, 0.717) is 0 Å². The summed E-state index contributed by atoms with van der Waals surface area (Å²) in [6, 6.07) is 15.0. The van der Waals surface area contributed by atoms with Gasteiger partial charge < -0.3 is 0 Å². The molecule has 202 valence electrons. The first kappa shape index (κ1) is 29.5. The Morgan fingerprint density at radius 2 is 1.03 bits per heavy atom. The Balaban J connectivity index is 1.98. The van der Waals surface area contributed by atoms with Gasteiger partial charge in [-0.3, -0.25) is 0 Å². The molecule has 0 N–H and O–H groups in total. The highest BCUT2D eigenvalue weighted by Crippen LogP contribution is 2.54. The van der Waals surface area contributed by atoms with Gasteiger partial charge >= 0.3 is 0 Å². The van der Waals surface area contributed by atoms with E-state index in [0.717, 1.165) is 12.8 Å². The Morgan fingerprint density at radius 3 is 1.43 bits per heavy atom. The lowest BCUT2D eigenvalue weighted by Gasteiger charge is -2.33. The summed E-state index contributed by atoms with van der Waals surface area (Å²) in [5.74, 6) is 0. The van der Waals surface area contributed by atoms with Gasteiger partial charge in [-0.15, -0.1) is 13.2 Å². The molecular weight excluding hydrogens is 444 g/mol. The Kier molecular flexibility index (Phi) is 12.8. The van der Waals surface area contributed by atoms with Crippen molar-refractivity contribution < 1.29 is 0 Å². The lowest BCUT2D eigenvalue weighted by Crippen LogP contribution is -2.26. The van der Waals surface area contributed by atoms with Crippen molar-refractivity contribution in [1.29, 1.82) is 0 Å². The Morgan fingerprint density at radius 1 is 0.568 bits per heavy atom. The first-order chi connectivity index (χ1) is 18.2. The molecule has 0 saturated heterocycles. The molecule has 0 aliphatic heterocycles. The molecule has 1 aliphatic carbocycles. The highest BCUT2D eigenvalue weighted by atomic mass is 14.4. The van der Waals surface area contributed by atoms with E-state index < -0.39 is 0 Å². The van der Waals surface area contributed by atoms with Gasteiger partial charge in [-0.05, 0) is 97.6 Å². The molecule has 0 bridgehead atoms. The Hall–Kier alpha value is -2.08. The van der Waals surface area contributed by atoms with Crippen LogP contribution in [0.2, 0.25) is 0 Å². The molecule has 2 aromatic rings. The second-order valence-electron chi connectivity index (χ2n) is 11.5. The molecule has 0 spiro atoms. The topological polar surface area (TPSA) is 0 Å². The molecule has 0 nitrogen and oxygen atoms in total. The van der Waals surface area contributed by atoms with E-state index in [2.05, 4.69) is 75.6 Å².